The zero-order valence-electron chi connectivity index (χ0n) is 18.0. The number of ketones is 1. The number of Topliss-reactive ketones (excluding diaryl/α,β-unsaturated/α-hetero) is 1. The number of anilines is 1. The second-order valence-corrected chi connectivity index (χ2v) is 8.47. The Labute approximate surface area is 178 Å². The molecule has 0 saturated carbocycles. The molecule has 0 bridgehead atoms. The van der Waals surface area contributed by atoms with Crippen LogP contribution < -0.4 is 10.1 Å². The SMILES string of the molecule is CCC(=O)c1cc(C(=O)Nc2ccc3c(c2)C2CCCN2CC3)ccc1OC(C)C. The summed E-state index contributed by atoms with van der Waals surface area (Å²) < 4.78 is 5.77. The smallest absolute Gasteiger partial charge is 0.255 e. The molecule has 5 nitrogen and oxygen atoms in total. The lowest BCUT2D eigenvalue weighted by Crippen LogP contribution is -2.31. The normalized spacial score (nSPS) is 18.1. The largest absolute Gasteiger partial charge is 0.490 e. The van der Waals surface area contributed by atoms with E-state index in [1.807, 2.05) is 26.8 Å². The lowest BCUT2D eigenvalue weighted by molar-refractivity contribution is 0.0982. The monoisotopic (exact) mass is 406 g/mol. The highest BCUT2D eigenvalue weighted by molar-refractivity contribution is 6.07. The van der Waals surface area contributed by atoms with E-state index in [0.29, 0.717) is 29.3 Å². The Morgan fingerprint density at radius 3 is 2.77 bits per heavy atom. The van der Waals surface area contributed by atoms with E-state index in [1.165, 1.54) is 30.5 Å². The van der Waals surface area contributed by atoms with Crippen molar-refractivity contribution in [1.82, 2.24) is 4.90 Å². The molecule has 2 aliphatic heterocycles. The molecule has 2 aromatic carbocycles. The Morgan fingerprint density at radius 2 is 2.00 bits per heavy atom. The molecule has 4 rings (SSSR count). The Morgan fingerprint density at radius 1 is 1.17 bits per heavy atom. The zero-order chi connectivity index (χ0) is 21.3. The summed E-state index contributed by atoms with van der Waals surface area (Å²) >= 11 is 0. The first-order valence-corrected chi connectivity index (χ1v) is 11.0. The maximum atomic E-state index is 12.9. The van der Waals surface area contributed by atoms with Crippen LogP contribution in [0.2, 0.25) is 0 Å². The summed E-state index contributed by atoms with van der Waals surface area (Å²) in [4.78, 5) is 27.9. The van der Waals surface area contributed by atoms with Crippen molar-refractivity contribution in [3.8, 4) is 5.75 Å². The molecule has 1 fully saturated rings. The van der Waals surface area contributed by atoms with Crippen LogP contribution in [0.25, 0.3) is 0 Å². The van der Waals surface area contributed by atoms with Crippen LogP contribution in [-0.4, -0.2) is 35.8 Å². The molecule has 1 atom stereocenters. The minimum absolute atomic E-state index is 0.0320. The fraction of sp³-hybridized carbons (Fsp3) is 0.440. The van der Waals surface area contributed by atoms with Gasteiger partial charge in [0.1, 0.15) is 5.75 Å². The number of rotatable bonds is 6. The summed E-state index contributed by atoms with van der Waals surface area (Å²) in [5.74, 6) is 0.286. The number of nitrogens with one attached hydrogen (secondary N) is 1. The number of nitrogens with zero attached hydrogens (tertiary/aromatic N) is 1. The Kier molecular flexibility index (Phi) is 5.91. The number of hydrogen-bond acceptors (Lipinski definition) is 4. The summed E-state index contributed by atoms with van der Waals surface area (Å²) in [5, 5.41) is 3.02. The van der Waals surface area contributed by atoms with Gasteiger partial charge in [-0.05, 0) is 81.1 Å². The van der Waals surface area contributed by atoms with Crippen LogP contribution in [0.5, 0.6) is 5.75 Å². The van der Waals surface area contributed by atoms with Gasteiger partial charge in [-0.3, -0.25) is 14.5 Å². The topological polar surface area (TPSA) is 58.6 Å². The summed E-state index contributed by atoms with van der Waals surface area (Å²) in [6.45, 7) is 7.94. The predicted octanol–water partition coefficient (Wildman–Crippen LogP) is 5.01. The lowest BCUT2D eigenvalue weighted by Gasteiger charge is -2.32. The number of fused-ring (bicyclic) bond motifs is 3. The molecule has 0 aromatic heterocycles. The number of carbonyl (C=O) groups excluding carboxylic acids is 2. The average molecular weight is 407 g/mol. The van der Waals surface area contributed by atoms with E-state index in [2.05, 4.69) is 22.3 Å². The van der Waals surface area contributed by atoms with Gasteiger partial charge in [-0.25, -0.2) is 0 Å². The van der Waals surface area contributed by atoms with Crippen molar-refractivity contribution in [2.45, 2.75) is 58.6 Å². The van der Waals surface area contributed by atoms with Crippen LogP contribution in [0, 0.1) is 0 Å². The van der Waals surface area contributed by atoms with Crippen LogP contribution >= 0.6 is 0 Å². The van der Waals surface area contributed by atoms with Gasteiger partial charge in [-0.2, -0.15) is 0 Å². The van der Waals surface area contributed by atoms with Crippen molar-refractivity contribution in [3.05, 3.63) is 58.7 Å². The number of ether oxygens (including phenoxy) is 1. The van der Waals surface area contributed by atoms with Gasteiger partial charge in [0.25, 0.3) is 5.91 Å². The summed E-state index contributed by atoms with van der Waals surface area (Å²) in [6.07, 6.45) is 3.81. The van der Waals surface area contributed by atoms with E-state index >= 15 is 0 Å². The number of carbonyl (C=O) groups is 2. The summed E-state index contributed by atoms with van der Waals surface area (Å²) in [6, 6.07) is 11.8. The quantitative estimate of drug-likeness (QED) is 0.685. The fourth-order valence-electron chi connectivity index (χ4n) is 4.56. The maximum absolute atomic E-state index is 12.9. The molecule has 2 aromatic rings. The van der Waals surface area contributed by atoms with Gasteiger partial charge in [0.15, 0.2) is 5.78 Å². The first kappa shape index (κ1) is 20.6. The van der Waals surface area contributed by atoms with Crippen LogP contribution in [0.4, 0.5) is 5.69 Å². The first-order valence-electron chi connectivity index (χ1n) is 11.0. The summed E-state index contributed by atoms with van der Waals surface area (Å²) in [7, 11) is 0. The Bertz CT molecular complexity index is 967. The third-order valence-electron chi connectivity index (χ3n) is 6.02. The van der Waals surface area contributed by atoms with E-state index in [0.717, 1.165) is 18.7 Å². The molecule has 158 valence electrons. The van der Waals surface area contributed by atoms with Crippen molar-refractivity contribution in [2.75, 3.05) is 18.4 Å². The molecule has 1 saturated heterocycles. The Hall–Kier alpha value is -2.66. The molecule has 1 N–H and O–H groups in total. The molecule has 30 heavy (non-hydrogen) atoms. The molecule has 5 heteroatoms. The fourth-order valence-corrected chi connectivity index (χ4v) is 4.56. The van der Waals surface area contributed by atoms with Crippen LogP contribution in [0.3, 0.4) is 0 Å². The highest BCUT2D eigenvalue weighted by atomic mass is 16.5. The standard InChI is InChI=1S/C25H30N2O3/c1-4-23(28)21-14-18(8-10-24(21)30-16(2)3)25(29)26-19-9-7-17-11-13-27-12-5-6-22(27)20(17)15-19/h7-10,14-16,22H,4-6,11-13H2,1-3H3,(H,26,29). The van der Waals surface area contributed by atoms with Crippen molar-refractivity contribution in [2.24, 2.45) is 0 Å². The van der Waals surface area contributed by atoms with Crippen molar-refractivity contribution in [3.63, 3.8) is 0 Å². The average Bonchev–Trinajstić information content (AvgIpc) is 3.22. The summed E-state index contributed by atoms with van der Waals surface area (Å²) in [5.41, 5.74) is 4.47. The van der Waals surface area contributed by atoms with E-state index in [1.54, 1.807) is 18.2 Å². The third-order valence-corrected chi connectivity index (χ3v) is 6.02. The van der Waals surface area contributed by atoms with Crippen LogP contribution in [0.15, 0.2) is 36.4 Å². The second kappa shape index (κ2) is 8.60. The molecular formula is C25H30N2O3. The van der Waals surface area contributed by atoms with Crippen LogP contribution in [-0.2, 0) is 6.42 Å². The molecular weight excluding hydrogens is 376 g/mol. The van der Waals surface area contributed by atoms with Crippen molar-refractivity contribution < 1.29 is 14.3 Å². The molecule has 1 amide bonds. The van der Waals surface area contributed by atoms with Gasteiger partial charge in [-0.1, -0.05) is 13.0 Å². The molecule has 1 unspecified atom stereocenters. The van der Waals surface area contributed by atoms with E-state index < -0.39 is 0 Å². The van der Waals surface area contributed by atoms with Crippen molar-refractivity contribution in [1.29, 1.82) is 0 Å². The molecule has 0 spiro atoms. The highest BCUT2D eigenvalue weighted by Crippen LogP contribution is 2.38. The Balaban J connectivity index is 1.57. The maximum Gasteiger partial charge on any atom is 0.255 e. The molecule has 0 aliphatic carbocycles. The minimum atomic E-state index is -0.213. The predicted molar refractivity (Wildman–Crippen MR) is 118 cm³/mol. The number of benzene rings is 2. The lowest BCUT2D eigenvalue weighted by atomic mass is 9.92. The van der Waals surface area contributed by atoms with E-state index in [-0.39, 0.29) is 17.8 Å². The van der Waals surface area contributed by atoms with Gasteiger partial charge in [-0.15, -0.1) is 0 Å². The van der Waals surface area contributed by atoms with Crippen molar-refractivity contribution >= 4 is 17.4 Å². The van der Waals surface area contributed by atoms with Gasteiger partial charge in [0.2, 0.25) is 0 Å². The van der Waals surface area contributed by atoms with Gasteiger partial charge < -0.3 is 10.1 Å². The first-order chi connectivity index (χ1) is 14.5. The second-order valence-electron chi connectivity index (χ2n) is 8.47. The number of hydrogen-bond donors (Lipinski definition) is 1. The zero-order valence-corrected chi connectivity index (χ0v) is 18.0. The minimum Gasteiger partial charge on any atom is -0.490 e. The van der Waals surface area contributed by atoms with Crippen LogP contribution in [0.1, 0.15) is 77.9 Å². The molecule has 2 heterocycles. The van der Waals surface area contributed by atoms with E-state index in [4.69, 9.17) is 4.74 Å². The molecule has 2 aliphatic rings. The van der Waals surface area contributed by atoms with Gasteiger partial charge >= 0.3 is 0 Å². The molecule has 0 radical (unpaired) electrons. The number of amides is 1. The van der Waals surface area contributed by atoms with E-state index in [9.17, 15) is 9.59 Å². The third kappa shape index (κ3) is 4.12. The highest BCUT2D eigenvalue weighted by Gasteiger charge is 2.31. The van der Waals surface area contributed by atoms with Gasteiger partial charge in [0, 0.05) is 30.3 Å². The van der Waals surface area contributed by atoms with Gasteiger partial charge in [0.05, 0.1) is 11.7 Å².